The van der Waals surface area contributed by atoms with Crippen molar-refractivity contribution in [3.8, 4) is 0 Å². The minimum absolute atomic E-state index is 0.0827. The average molecular weight is 335 g/mol. The second-order valence-corrected chi connectivity index (χ2v) is 6.80. The highest BCUT2D eigenvalue weighted by Gasteiger charge is 2.41. The monoisotopic (exact) mass is 335 g/mol. The molecule has 4 nitrogen and oxygen atoms in total. The van der Waals surface area contributed by atoms with E-state index in [9.17, 15) is 4.79 Å². The van der Waals surface area contributed by atoms with E-state index < -0.39 is 0 Å². The summed E-state index contributed by atoms with van der Waals surface area (Å²) in [7, 11) is 0. The second-order valence-electron chi connectivity index (χ2n) is 6.80. The van der Waals surface area contributed by atoms with E-state index in [-0.39, 0.29) is 12.1 Å². The van der Waals surface area contributed by atoms with Crippen LogP contribution in [0.3, 0.4) is 0 Å². The molecule has 1 amide bonds. The molecule has 1 aliphatic heterocycles. The lowest BCUT2D eigenvalue weighted by molar-refractivity contribution is 0.0666. The van der Waals surface area contributed by atoms with Crippen molar-refractivity contribution in [3.63, 3.8) is 0 Å². The van der Waals surface area contributed by atoms with Crippen molar-refractivity contribution in [2.75, 3.05) is 23.3 Å². The van der Waals surface area contributed by atoms with Crippen molar-refractivity contribution in [2.45, 2.75) is 38.9 Å². The minimum atomic E-state index is -0.0827. The van der Waals surface area contributed by atoms with Gasteiger partial charge in [-0.1, -0.05) is 24.3 Å². The number of rotatable bonds is 5. The maximum Gasteiger partial charge on any atom is 0.258 e. The Bertz CT molecular complexity index is 763. The zero-order chi connectivity index (χ0) is 17.4. The summed E-state index contributed by atoms with van der Waals surface area (Å²) in [4.78, 5) is 17.4. The van der Waals surface area contributed by atoms with Gasteiger partial charge in [0.25, 0.3) is 5.91 Å². The van der Waals surface area contributed by atoms with E-state index in [4.69, 9.17) is 0 Å². The first-order valence-corrected chi connectivity index (χ1v) is 9.26. The smallest absolute Gasteiger partial charge is 0.258 e. The summed E-state index contributed by atoms with van der Waals surface area (Å²) in [5, 5.41) is 3.58. The van der Waals surface area contributed by atoms with E-state index in [2.05, 4.69) is 48.3 Å². The number of benzene rings is 2. The Morgan fingerprint density at radius 2 is 1.72 bits per heavy atom. The highest BCUT2D eigenvalue weighted by atomic mass is 16.2. The van der Waals surface area contributed by atoms with Crippen molar-refractivity contribution < 1.29 is 4.79 Å². The number of nitrogens with zero attached hydrogens (tertiary/aromatic N) is 2. The molecule has 1 saturated carbocycles. The molecule has 4 heteroatoms. The van der Waals surface area contributed by atoms with Gasteiger partial charge < -0.3 is 15.1 Å². The molecule has 2 aromatic carbocycles. The van der Waals surface area contributed by atoms with Gasteiger partial charge in [-0.25, -0.2) is 0 Å². The SMILES string of the molecule is CCN(CC)c1ccc(C2Nc3ccccc3C(=O)N2C2CC2)cc1. The number of fused-ring (bicyclic) bond motifs is 1. The highest BCUT2D eigenvalue weighted by Crippen LogP contribution is 2.40. The number of para-hydroxylation sites is 1. The van der Waals surface area contributed by atoms with Crippen LogP contribution in [0.15, 0.2) is 48.5 Å². The normalized spacial score (nSPS) is 19.4. The third kappa shape index (κ3) is 2.86. The van der Waals surface area contributed by atoms with Crippen LogP contribution in [-0.2, 0) is 0 Å². The Balaban J connectivity index is 1.67. The first-order chi connectivity index (χ1) is 12.2. The van der Waals surface area contributed by atoms with E-state index in [0.29, 0.717) is 6.04 Å². The Morgan fingerprint density at radius 3 is 2.36 bits per heavy atom. The first kappa shape index (κ1) is 16.0. The number of nitrogens with one attached hydrogen (secondary N) is 1. The van der Waals surface area contributed by atoms with Gasteiger partial charge in [0.1, 0.15) is 6.17 Å². The molecule has 2 aromatic rings. The Kier molecular flexibility index (Phi) is 4.12. The van der Waals surface area contributed by atoms with Gasteiger partial charge in [-0.2, -0.15) is 0 Å². The summed E-state index contributed by atoms with van der Waals surface area (Å²) in [5.74, 6) is 0.148. The molecule has 0 radical (unpaired) electrons. The van der Waals surface area contributed by atoms with Gasteiger partial charge in [-0.05, 0) is 56.5 Å². The molecule has 4 rings (SSSR count). The van der Waals surface area contributed by atoms with Crippen molar-refractivity contribution in [3.05, 3.63) is 59.7 Å². The van der Waals surface area contributed by atoms with Crippen LogP contribution >= 0.6 is 0 Å². The Hall–Kier alpha value is -2.49. The highest BCUT2D eigenvalue weighted by molar-refractivity contribution is 6.02. The molecule has 1 atom stereocenters. The first-order valence-electron chi connectivity index (χ1n) is 9.26. The summed E-state index contributed by atoms with van der Waals surface area (Å²) >= 11 is 0. The Labute approximate surface area is 149 Å². The van der Waals surface area contributed by atoms with Crippen molar-refractivity contribution >= 4 is 17.3 Å². The van der Waals surface area contributed by atoms with E-state index in [0.717, 1.165) is 42.7 Å². The fourth-order valence-electron chi connectivity index (χ4n) is 3.70. The third-order valence-electron chi connectivity index (χ3n) is 5.24. The molecule has 1 fully saturated rings. The number of hydrogen-bond donors (Lipinski definition) is 1. The topological polar surface area (TPSA) is 35.6 Å². The van der Waals surface area contributed by atoms with E-state index in [1.807, 2.05) is 29.2 Å². The minimum Gasteiger partial charge on any atom is -0.372 e. The van der Waals surface area contributed by atoms with Crippen molar-refractivity contribution in [1.82, 2.24) is 4.90 Å². The van der Waals surface area contributed by atoms with Gasteiger partial charge in [0.2, 0.25) is 0 Å². The van der Waals surface area contributed by atoms with Gasteiger partial charge in [0.15, 0.2) is 0 Å². The lowest BCUT2D eigenvalue weighted by Crippen LogP contribution is -2.44. The lowest BCUT2D eigenvalue weighted by Gasteiger charge is -2.38. The van der Waals surface area contributed by atoms with Gasteiger partial charge in [-0.15, -0.1) is 0 Å². The lowest BCUT2D eigenvalue weighted by atomic mass is 10.0. The molecule has 2 aliphatic rings. The molecule has 130 valence electrons. The van der Waals surface area contributed by atoms with Gasteiger partial charge in [0, 0.05) is 30.5 Å². The quantitative estimate of drug-likeness (QED) is 0.887. The molecule has 1 N–H and O–H groups in total. The fraction of sp³-hybridized carbons (Fsp3) is 0.381. The standard InChI is InChI=1S/C21H25N3O/c1-3-23(4-2)16-11-9-15(10-12-16)20-22-19-8-6-5-7-18(19)21(25)24(20)17-13-14-17/h5-12,17,20,22H,3-4,13-14H2,1-2H3. The van der Waals surface area contributed by atoms with Crippen LogP contribution in [0, 0.1) is 0 Å². The second kappa shape index (κ2) is 6.43. The van der Waals surface area contributed by atoms with Gasteiger partial charge >= 0.3 is 0 Å². The third-order valence-corrected chi connectivity index (χ3v) is 5.24. The molecule has 1 unspecified atom stereocenters. The number of carbonyl (C=O) groups excluding carboxylic acids is 1. The van der Waals surface area contributed by atoms with Crippen LogP contribution in [0.2, 0.25) is 0 Å². The predicted octanol–water partition coefficient (Wildman–Crippen LogP) is 4.26. The van der Waals surface area contributed by atoms with Crippen LogP contribution in [0.1, 0.15) is 48.8 Å². The Morgan fingerprint density at radius 1 is 1.04 bits per heavy atom. The van der Waals surface area contributed by atoms with Crippen LogP contribution in [0.25, 0.3) is 0 Å². The number of hydrogen-bond acceptors (Lipinski definition) is 3. The summed E-state index contributed by atoms with van der Waals surface area (Å²) in [6.45, 7) is 6.34. The average Bonchev–Trinajstić information content (AvgIpc) is 3.48. The molecular formula is C21H25N3O. The summed E-state index contributed by atoms with van der Waals surface area (Å²) in [6, 6.07) is 16.8. The fourth-order valence-corrected chi connectivity index (χ4v) is 3.70. The maximum atomic E-state index is 13.0. The zero-order valence-electron chi connectivity index (χ0n) is 14.9. The number of carbonyl (C=O) groups is 1. The molecule has 0 bridgehead atoms. The van der Waals surface area contributed by atoms with Crippen LogP contribution < -0.4 is 10.2 Å². The van der Waals surface area contributed by atoms with E-state index in [1.165, 1.54) is 5.69 Å². The molecule has 0 aromatic heterocycles. The summed E-state index contributed by atoms with van der Waals surface area (Å²) < 4.78 is 0. The van der Waals surface area contributed by atoms with Crippen LogP contribution in [-0.4, -0.2) is 29.9 Å². The van der Waals surface area contributed by atoms with Crippen LogP contribution in [0.4, 0.5) is 11.4 Å². The largest absolute Gasteiger partial charge is 0.372 e. The van der Waals surface area contributed by atoms with Crippen LogP contribution in [0.5, 0.6) is 0 Å². The molecule has 25 heavy (non-hydrogen) atoms. The molecule has 1 heterocycles. The summed E-state index contributed by atoms with van der Waals surface area (Å²) in [5.41, 5.74) is 4.09. The predicted molar refractivity (Wildman–Crippen MR) is 102 cm³/mol. The van der Waals surface area contributed by atoms with Crippen molar-refractivity contribution in [2.24, 2.45) is 0 Å². The van der Waals surface area contributed by atoms with Crippen molar-refractivity contribution in [1.29, 1.82) is 0 Å². The summed E-state index contributed by atoms with van der Waals surface area (Å²) in [6.07, 6.45) is 2.12. The van der Waals surface area contributed by atoms with E-state index >= 15 is 0 Å². The van der Waals surface area contributed by atoms with Gasteiger partial charge in [0.05, 0.1) is 5.56 Å². The zero-order valence-corrected chi connectivity index (χ0v) is 14.9. The maximum absolute atomic E-state index is 13.0. The molecule has 1 aliphatic carbocycles. The number of amides is 1. The van der Waals surface area contributed by atoms with Gasteiger partial charge in [-0.3, -0.25) is 4.79 Å². The number of anilines is 2. The molecule has 0 saturated heterocycles. The molecular weight excluding hydrogens is 310 g/mol. The molecule has 0 spiro atoms. The van der Waals surface area contributed by atoms with E-state index in [1.54, 1.807) is 0 Å².